The van der Waals surface area contributed by atoms with Gasteiger partial charge < -0.3 is 10.1 Å². The van der Waals surface area contributed by atoms with Gasteiger partial charge in [0, 0.05) is 11.1 Å². The standard InChI is InChI=1S/C9H14N2O2/c1-5-6(7(12)13)11-8(10-5)9(2,3)4/h1-4H3,(H,10,11)(H,12,13). The number of carboxylic acid groups (broad SMARTS) is 1. The van der Waals surface area contributed by atoms with Crippen LogP contribution in [0.2, 0.25) is 0 Å². The fourth-order valence-electron chi connectivity index (χ4n) is 1.02. The van der Waals surface area contributed by atoms with E-state index in [1.807, 2.05) is 20.8 Å². The first-order valence-electron chi connectivity index (χ1n) is 4.12. The van der Waals surface area contributed by atoms with Crippen LogP contribution in [0.3, 0.4) is 0 Å². The molecule has 13 heavy (non-hydrogen) atoms. The van der Waals surface area contributed by atoms with Gasteiger partial charge in [0.15, 0.2) is 5.69 Å². The molecule has 4 heteroatoms. The van der Waals surface area contributed by atoms with E-state index in [2.05, 4.69) is 9.97 Å². The SMILES string of the molecule is Cc1[nH]c(C(C)(C)C)nc1C(=O)O. The average molecular weight is 182 g/mol. The molecule has 2 N–H and O–H groups in total. The fraction of sp³-hybridized carbons (Fsp3) is 0.556. The van der Waals surface area contributed by atoms with E-state index in [0.29, 0.717) is 11.5 Å². The Balaban J connectivity index is 3.17. The zero-order valence-corrected chi connectivity index (χ0v) is 8.30. The van der Waals surface area contributed by atoms with Crippen molar-refractivity contribution in [2.45, 2.75) is 33.1 Å². The molecule has 0 aromatic carbocycles. The molecule has 0 spiro atoms. The van der Waals surface area contributed by atoms with Crippen LogP contribution in [0.1, 0.15) is 42.8 Å². The lowest BCUT2D eigenvalue weighted by Crippen LogP contribution is -2.13. The molecule has 0 amide bonds. The van der Waals surface area contributed by atoms with Crippen molar-refractivity contribution in [1.82, 2.24) is 9.97 Å². The van der Waals surface area contributed by atoms with Crippen LogP contribution >= 0.6 is 0 Å². The van der Waals surface area contributed by atoms with Crippen molar-refractivity contribution < 1.29 is 9.90 Å². The number of hydrogen-bond donors (Lipinski definition) is 2. The quantitative estimate of drug-likeness (QED) is 0.694. The van der Waals surface area contributed by atoms with Crippen molar-refractivity contribution in [2.75, 3.05) is 0 Å². The summed E-state index contributed by atoms with van der Waals surface area (Å²) in [5, 5.41) is 8.76. The number of carbonyl (C=O) groups is 1. The van der Waals surface area contributed by atoms with E-state index < -0.39 is 5.97 Å². The van der Waals surface area contributed by atoms with Gasteiger partial charge in [0.2, 0.25) is 0 Å². The van der Waals surface area contributed by atoms with Gasteiger partial charge in [-0.25, -0.2) is 9.78 Å². The lowest BCUT2D eigenvalue weighted by atomic mass is 9.96. The molecule has 0 radical (unpaired) electrons. The molecule has 1 rings (SSSR count). The number of rotatable bonds is 1. The molecule has 0 unspecified atom stereocenters. The maximum atomic E-state index is 10.7. The maximum Gasteiger partial charge on any atom is 0.356 e. The lowest BCUT2D eigenvalue weighted by molar-refractivity contribution is 0.0690. The zero-order chi connectivity index (χ0) is 10.2. The van der Waals surface area contributed by atoms with E-state index in [4.69, 9.17) is 5.11 Å². The van der Waals surface area contributed by atoms with E-state index in [0.717, 1.165) is 0 Å². The molecule has 0 saturated heterocycles. The minimum atomic E-state index is -0.982. The number of aryl methyl sites for hydroxylation is 1. The Hall–Kier alpha value is -1.32. The fourth-order valence-corrected chi connectivity index (χ4v) is 1.02. The third-order valence-corrected chi connectivity index (χ3v) is 1.80. The first-order chi connectivity index (χ1) is 5.82. The van der Waals surface area contributed by atoms with E-state index in [1.54, 1.807) is 6.92 Å². The first-order valence-corrected chi connectivity index (χ1v) is 4.12. The summed E-state index contributed by atoms with van der Waals surface area (Å²) in [6.45, 7) is 7.66. The number of nitrogens with one attached hydrogen (secondary N) is 1. The van der Waals surface area contributed by atoms with Gasteiger partial charge in [-0.3, -0.25) is 0 Å². The number of carboxylic acids is 1. The summed E-state index contributed by atoms with van der Waals surface area (Å²) in [4.78, 5) is 17.7. The second-order valence-corrected chi connectivity index (χ2v) is 4.11. The number of hydrogen-bond acceptors (Lipinski definition) is 2. The van der Waals surface area contributed by atoms with Crippen molar-refractivity contribution in [1.29, 1.82) is 0 Å². The van der Waals surface area contributed by atoms with Crippen LogP contribution in [-0.4, -0.2) is 21.0 Å². The maximum absolute atomic E-state index is 10.7. The highest BCUT2D eigenvalue weighted by Crippen LogP contribution is 2.20. The van der Waals surface area contributed by atoms with Crippen LogP contribution in [0.5, 0.6) is 0 Å². The molecule has 72 valence electrons. The average Bonchev–Trinajstić information content (AvgIpc) is 2.29. The van der Waals surface area contributed by atoms with Crippen LogP contribution in [-0.2, 0) is 5.41 Å². The van der Waals surface area contributed by atoms with Gasteiger partial charge in [0.25, 0.3) is 0 Å². The molecular weight excluding hydrogens is 168 g/mol. The minimum absolute atomic E-state index is 0.116. The van der Waals surface area contributed by atoms with Crippen LogP contribution in [0.4, 0.5) is 0 Å². The van der Waals surface area contributed by atoms with Gasteiger partial charge in [-0.05, 0) is 6.92 Å². The number of H-pyrrole nitrogens is 1. The largest absolute Gasteiger partial charge is 0.476 e. The normalized spacial score (nSPS) is 11.7. The predicted molar refractivity (Wildman–Crippen MR) is 49.0 cm³/mol. The Morgan fingerprint density at radius 2 is 2.00 bits per heavy atom. The van der Waals surface area contributed by atoms with Gasteiger partial charge in [0.05, 0.1) is 0 Å². The number of imidazole rings is 1. The summed E-state index contributed by atoms with van der Waals surface area (Å²) < 4.78 is 0. The molecule has 1 aromatic heterocycles. The molecule has 0 aliphatic rings. The van der Waals surface area contributed by atoms with E-state index in [9.17, 15) is 4.79 Å². The summed E-state index contributed by atoms with van der Waals surface area (Å²) in [6, 6.07) is 0. The van der Waals surface area contributed by atoms with Crippen LogP contribution < -0.4 is 0 Å². The number of aromatic nitrogens is 2. The number of aromatic amines is 1. The molecule has 1 heterocycles. The monoisotopic (exact) mass is 182 g/mol. The summed E-state index contributed by atoms with van der Waals surface area (Å²) in [6.07, 6.45) is 0. The summed E-state index contributed by atoms with van der Waals surface area (Å²) >= 11 is 0. The van der Waals surface area contributed by atoms with Crippen molar-refractivity contribution in [3.05, 3.63) is 17.2 Å². The van der Waals surface area contributed by atoms with E-state index >= 15 is 0 Å². The topological polar surface area (TPSA) is 66.0 Å². The second kappa shape index (κ2) is 2.87. The molecule has 0 aliphatic carbocycles. The Kier molecular flexibility index (Phi) is 2.15. The molecule has 0 atom stereocenters. The molecule has 0 bridgehead atoms. The molecular formula is C9H14N2O2. The van der Waals surface area contributed by atoms with E-state index in [1.165, 1.54) is 0 Å². The summed E-state index contributed by atoms with van der Waals surface area (Å²) in [5.41, 5.74) is 0.584. The van der Waals surface area contributed by atoms with Crippen LogP contribution in [0, 0.1) is 6.92 Å². The molecule has 0 fully saturated rings. The van der Waals surface area contributed by atoms with E-state index in [-0.39, 0.29) is 11.1 Å². The minimum Gasteiger partial charge on any atom is -0.476 e. The van der Waals surface area contributed by atoms with Crippen molar-refractivity contribution in [3.63, 3.8) is 0 Å². The lowest BCUT2D eigenvalue weighted by Gasteiger charge is -2.13. The molecule has 4 nitrogen and oxygen atoms in total. The first kappa shape index (κ1) is 9.77. The van der Waals surface area contributed by atoms with Crippen LogP contribution in [0.15, 0.2) is 0 Å². The Morgan fingerprint density at radius 3 is 2.23 bits per heavy atom. The highest BCUT2D eigenvalue weighted by atomic mass is 16.4. The third kappa shape index (κ3) is 1.88. The number of aromatic carboxylic acids is 1. The van der Waals surface area contributed by atoms with Gasteiger partial charge in [0.1, 0.15) is 5.82 Å². The van der Waals surface area contributed by atoms with Gasteiger partial charge in [-0.15, -0.1) is 0 Å². The van der Waals surface area contributed by atoms with Crippen molar-refractivity contribution in [2.24, 2.45) is 0 Å². The van der Waals surface area contributed by atoms with Crippen LogP contribution in [0.25, 0.3) is 0 Å². The van der Waals surface area contributed by atoms with Crippen molar-refractivity contribution >= 4 is 5.97 Å². The van der Waals surface area contributed by atoms with Gasteiger partial charge in [-0.2, -0.15) is 0 Å². The Morgan fingerprint density at radius 1 is 1.46 bits per heavy atom. The highest BCUT2D eigenvalue weighted by molar-refractivity contribution is 5.86. The smallest absolute Gasteiger partial charge is 0.356 e. The zero-order valence-electron chi connectivity index (χ0n) is 8.30. The van der Waals surface area contributed by atoms with Gasteiger partial charge in [-0.1, -0.05) is 20.8 Å². The van der Waals surface area contributed by atoms with Crippen molar-refractivity contribution in [3.8, 4) is 0 Å². The molecule has 1 aromatic rings. The Labute approximate surface area is 77.0 Å². The highest BCUT2D eigenvalue weighted by Gasteiger charge is 2.21. The predicted octanol–water partition coefficient (Wildman–Crippen LogP) is 1.71. The third-order valence-electron chi connectivity index (χ3n) is 1.80. The van der Waals surface area contributed by atoms with Gasteiger partial charge >= 0.3 is 5.97 Å². The molecule has 0 saturated carbocycles. The summed E-state index contributed by atoms with van der Waals surface area (Å²) in [7, 11) is 0. The second-order valence-electron chi connectivity index (χ2n) is 4.11. The summed E-state index contributed by atoms with van der Waals surface area (Å²) in [5.74, 6) is -0.272. The Bertz CT molecular complexity index is 334. The molecule has 0 aliphatic heterocycles. The number of nitrogens with zero attached hydrogens (tertiary/aromatic N) is 1.